The maximum atomic E-state index is 14.9. The number of carbonyl (C=O) groups excluding carboxylic acids is 1. The largest absolute Gasteiger partial charge is 0.456 e. The number of nitrogens with zero attached hydrogens (tertiary/aromatic N) is 3. The molecule has 4 rings (SSSR count). The topological polar surface area (TPSA) is 101 Å². The van der Waals surface area contributed by atoms with E-state index in [2.05, 4.69) is 20.6 Å². The number of rotatable bonds is 10. The van der Waals surface area contributed by atoms with Crippen LogP contribution in [0.3, 0.4) is 0 Å². The Kier molecular flexibility index (Phi) is 8.56. The number of amides is 1. The number of ether oxygens (including phenoxy) is 1. The van der Waals surface area contributed by atoms with Gasteiger partial charge in [0.1, 0.15) is 23.3 Å². The summed E-state index contributed by atoms with van der Waals surface area (Å²) < 4.78 is 37.5. The van der Waals surface area contributed by atoms with Crippen molar-refractivity contribution in [3.05, 3.63) is 71.6 Å². The quantitative estimate of drug-likeness (QED) is 0.185. The van der Waals surface area contributed by atoms with Crippen molar-refractivity contribution in [3.8, 4) is 11.5 Å². The Bertz CT molecular complexity index is 1540. The molecule has 0 aliphatic rings. The molecule has 0 atom stereocenters. The maximum absolute atomic E-state index is 14.9. The summed E-state index contributed by atoms with van der Waals surface area (Å²) in [6, 6.07) is 12.7. The highest BCUT2D eigenvalue weighted by molar-refractivity contribution is 6.32. The van der Waals surface area contributed by atoms with Gasteiger partial charge in [-0.2, -0.15) is 0 Å². The molecule has 0 saturated heterocycles. The van der Waals surface area contributed by atoms with E-state index in [4.69, 9.17) is 16.3 Å². The van der Waals surface area contributed by atoms with Crippen molar-refractivity contribution < 1.29 is 23.4 Å². The summed E-state index contributed by atoms with van der Waals surface area (Å²) in [5, 5.41) is 16.2. The van der Waals surface area contributed by atoms with E-state index in [-0.39, 0.29) is 28.7 Å². The molecule has 0 saturated carbocycles. The average Bonchev–Trinajstić information content (AvgIpc) is 3.28. The standard InChI is InChI=1S/C30H34ClF2N5O3/c1-28(2,3)30(32,33)19-7-6-8-21(15-19)41-24-10-9-20(16-22(24)31)37-27-26-23(35-18-36-27)11-13-38(26)14-12-34-25(39)17-29(4,5)40/h6-11,13,15-16,18,40H,12,14,17H2,1-5H3,(H,34,39)(H,35,36,37). The van der Waals surface area contributed by atoms with Gasteiger partial charge < -0.3 is 25.0 Å². The number of hydrogen-bond acceptors (Lipinski definition) is 6. The first kappa shape index (κ1) is 30.2. The number of aromatic nitrogens is 3. The monoisotopic (exact) mass is 585 g/mol. The molecule has 0 aliphatic heterocycles. The highest BCUT2D eigenvalue weighted by atomic mass is 35.5. The van der Waals surface area contributed by atoms with Crippen molar-refractivity contribution in [2.75, 3.05) is 11.9 Å². The SMILES string of the molecule is CC(C)(O)CC(=O)NCCn1ccc2ncnc(Nc3ccc(Oc4cccc(C(F)(F)C(C)(C)C)c4)c(Cl)c3)c21. The molecule has 2 heterocycles. The van der Waals surface area contributed by atoms with Crippen LogP contribution in [0.5, 0.6) is 11.5 Å². The van der Waals surface area contributed by atoms with Gasteiger partial charge in [-0.25, -0.2) is 18.7 Å². The van der Waals surface area contributed by atoms with Gasteiger partial charge in [-0.1, -0.05) is 44.5 Å². The number of anilines is 2. The molecule has 11 heteroatoms. The second kappa shape index (κ2) is 11.6. The number of fused-ring (bicyclic) bond motifs is 1. The third-order valence-electron chi connectivity index (χ3n) is 6.38. The zero-order valence-electron chi connectivity index (χ0n) is 23.6. The minimum Gasteiger partial charge on any atom is -0.456 e. The van der Waals surface area contributed by atoms with E-state index in [1.807, 2.05) is 16.8 Å². The zero-order chi connectivity index (χ0) is 30.0. The number of aliphatic hydroxyl groups is 1. The van der Waals surface area contributed by atoms with Gasteiger partial charge in [-0.15, -0.1) is 0 Å². The number of benzene rings is 2. The lowest BCUT2D eigenvalue weighted by molar-refractivity contribution is -0.124. The van der Waals surface area contributed by atoms with E-state index in [0.717, 1.165) is 5.52 Å². The molecule has 3 N–H and O–H groups in total. The lowest BCUT2D eigenvalue weighted by Gasteiger charge is -2.30. The molecule has 0 fully saturated rings. The van der Waals surface area contributed by atoms with E-state index < -0.39 is 16.9 Å². The lowest BCUT2D eigenvalue weighted by atomic mass is 9.83. The van der Waals surface area contributed by atoms with Crippen molar-refractivity contribution in [1.29, 1.82) is 0 Å². The molecule has 0 unspecified atom stereocenters. The molecular formula is C30H34ClF2N5O3. The summed E-state index contributed by atoms with van der Waals surface area (Å²) in [5.41, 5.74) is -0.401. The Morgan fingerprint density at radius 3 is 2.51 bits per heavy atom. The predicted octanol–water partition coefficient (Wildman–Crippen LogP) is 7.04. The van der Waals surface area contributed by atoms with Gasteiger partial charge in [0, 0.05) is 36.0 Å². The van der Waals surface area contributed by atoms with Crippen LogP contribution in [0.1, 0.15) is 46.6 Å². The summed E-state index contributed by atoms with van der Waals surface area (Å²) in [4.78, 5) is 20.8. The second-order valence-electron chi connectivity index (χ2n) is 11.5. The van der Waals surface area contributed by atoms with Crippen LogP contribution in [0.2, 0.25) is 5.02 Å². The molecule has 1 amide bonds. The van der Waals surface area contributed by atoms with Crippen LogP contribution in [0.25, 0.3) is 11.0 Å². The summed E-state index contributed by atoms with van der Waals surface area (Å²) >= 11 is 6.51. The van der Waals surface area contributed by atoms with E-state index in [1.165, 1.54) is 45.3 Å². The fourth-order valence-corrected chi connectivity index (χ4v) is 4.41. The molecule has 41 heavy (non-hydrogen) atoms. The highest BCUT2D eigenvalue weighted by Crippen LogP contribution is 2.45. The molecule has 0 radical (unpaired) electrons. The number of hydrogen-bond donors (Lipinski definition) is 3. The molecule has 2 aromatic carbocycles. The van der Waals surface area contributed by atoms with Crippen LogP contribution in [-0.2, 0) is 17.3 Å². The van der Waals surface area contributed by atoms with E-state index in [0.29, 0.717) is 35.9 Å². The molecular weight excluding hydrogens is 552 g/mol. The summed E-state index contributed by atoms with van der Waals surface area (Å²) in [5.74, 6) is -2.20. The van der Waals surface area contributed by atoms with Gasteiger partial charge in [0.25, 0.3) is 5.92 Å². The molecule has 218 valence electrons. The molecule has 8 nitrogen and oxygen atoms in total. The first-order valence-corrected chi connectivity index (χ1v) is 13.5. The fourth-order valence-electron chi connectivity index (χ4n) is 4.19. The van der Waals surface area contributed by atoms with E-state index in [1.54, 1.807) is 38.1 Å². The minimum absolute atomic E-state index is 0.00461. The molecule has 0 bridgehead atoms. The van der Waals surface area contributed by atoms with Crippen LogP contribution >= 0.6 is 11.6 Å². The Hall–Kier alpha value is -3.76. The summed E-state index contributed by atoms with van der Waals surface area (Å²) in [6.07, 6.45) is 3.30. The number of alkyl halides is 2. The van der Waals surface area contributed by atoms with Crippen LogP contribution in [-0.4, -0.2) is 37.7 Å². The van der Waals surface area contributed by atoms with E-state index >= 15 is 0 Å². The Morgan fingerprint density at radius 2 is 1.83 bits per heavy atom. The first-order valence-electron chi connectivity index (χ1n) is 13.2. The van der Waals surface area contributed by atoms with E-state index in [9.17, 15) is 18.7 Å². The second-order valence-corrected chi connectivity index (χ2v) is 11.9. The number of nitrogens with one attached hydrogen (secondary N) is 2. The molecule has 0 spiro atoms. The van der Waals surface area contributed by atoms with Gasteiger partial charge >= 0.3 is 0 Å². The van der Waals surface area contributed by atoms with Gasteiger partial charge in [0.15, 0.2) is 5.82 Å². The van der Waals surface area contributed by atoms with Crippen molar-refractivity contribution >= 4 is 40.0 Å². The van der Waals surface area contributed by atoms with Crippen molar-refractivity contribution in [2.45, 2.75) is 59.1 Å². The fraction of sp³-hybridized carbons (Fsp3) is 0.367. The van der Waals surface area contributed by atoms with Gasteiger partial charge in [0.05, 0.1) is 22.6 Å². The number of carbonyl (C=O) groups is 1. The lowest BCUT2D eigenvalue weighted by Crippen LogP contribution is -2.33. The van der Waals surface area contributed by atoms with Crippen molar-refractivity contribution in [2.24, 2.45) is 5.41 Å². The summed E-state index contributed by atoms with van der Waals surface area (Å²) in [6.45, 7) is 8.45. The summed E-state index contributed by atoms with van der Waals surface area (Å²) in [7, 11) is 0. The van der Waals surface area contributed by atoms with Crippen LogP contribution < -0.4 is 15.4 Å². The first-order chi connectivity index (χ1) is 19.1. The Labute approximate surface area is 242 Å². The zero-order valence-corrected chi connectivity index (χ0v) is 24.4. The van der Waals surface area contributed by atoms with Crippen molar-refractivity contribution in [3.63, 3.8) is 0 Å². The van der Waals surface area contributed by atoms with Gasteiger partial charge in [-0.3, -0.25) is 4.79 Å². The number of halogens is 3. The predicted molar refractivity (Wildman–Crippen MR) is 156 cm³/mol. The van der Waals surface area contributed by atoms with Crippen LogP contribution in [0, 0.1) is 5.41 Å². The molecule has 0 aliphatic carbocycles. The average molecular weight is 586 g/mol. The minimum atomic E-state index is -3.05. The highest BCUT2D eigenvalue weighted by Gasteiger charge is 2.44. The Balaban J connectivity index is 1.48. The smallest absolute Gasteiger partial charge is 0.278 e. The van der Waals surface area contributed by atoms with Crippen LogP contribution in [0.4, 0.5) is 20.3 Å². The maximum Gasteiger partial charge on any atom is 0.278 e. The van der Waals surface area contributed by atoms with Crippen LogP contribution in [0.15, 0.2) is 61.1 Å². The third-order valence-corrected chi connectivity index (χ3v) is 6.67. The molecule has 2 aromatic heterocycles. The van der Waals surface area contributed by atoms with Gasteiger partial charge in [-0.05, 0) is 50.2 Å². The normalized spacial score (nSPS) is 12.4. The van der Waals surface area contributed by atoms with Crippen molar-refractivity contribution in [1.82, 2.24) is 19.9 Å². The third kappa shape index (κ3) is 7.31. The Morgan fingerprint density at radius 1 is 1.07 bits per heavy atom. The van der Waals surface area contributed by atoms with Gasteiger partial charge in [0.2, 0.25) is 5.91 Å². The molecule has 4 aromatic rings.